The van der Waals surface area contributed by atoms with E-state index in [0.717, 1.165) is 37.1 Å². The summed E-state index contributed by atoms with van der Waals surface area (Å²) >= 11 is 0. The monoisotopic (exact) mass is 182 g/mol. The quantitative estimate of drug-likeness (QED) is 0.775. The van der Waals surface area contributed by atoms with Crippen molar-refractivity contribution in [3.05, 3.63) is 11.3 Å². The Hall–Kier alpha value is -0.990. The summed E-state index contributed by atoms with van der Waals surface area (Å²) in [4.78, 5) is 0. The third-order valence-electron chi connectivity index (χ3n) is 2.35. The Morgan fingerprint density at radius 3 is 2.62 bits per heavy atom. The molecular formula is C10H18N2O. The number of aromatic hydroxyl groups is 1. The number of hydrogen-bond donors (Lipinski definition) is 1. The van der Waals surface area contributed by atoms with Gasteiger partial charge in [-0.1, -0.05) is 20.3 Å². The van der Waals surface area contributed by atoms with E-state index in [0.29, 0.717) is 0 Å². The SMILES string of the molecule is CCCCn1nc(O)c(C)c1CC. The number of aromatic nitrogens is 2. The summed E-state index contributed by atoms with van der Waals surface area (Å²) < 4.78 is 1.92. The van der Waals surface area contributed by atoms with Crippen LogP contribution >= 0.6 is 0 Å². The van der Waals surface area contributed by atoms with Gasteiger partial charge in [0.15, 0.2) is 0 Å². The van der Waals surface area contributed by atoms with E-state index in [4.69, 9.17) is 0 Å². The second-order valence-electron chi connectivity index (χ2n) is 3.33. The van der Waals surface area contributed by atoms with Crippen molar-refractivity contribution in [2.45, 2.75) is 46.6 Å². The van der Waals surface area contributed by atoms with Crippen LogP contribution in [-0.2, 0) is 13.0 Å². The molecule has 0 aromatic carbocycles. The third kappa shape index (κ3) is 2.02. The molecule has 1 heterocycles. The van der Waals surface area contributed by atoms with Crippen LogP contribution in [0.1, 0.15) is 37.9 Å². The van der Waals surface area contributed by atoms with Crippen LogP contribution in [0.4, 0.5) is 0 Å². The highest BCUT2D eigenvalue weighted by atomic mass is 16.3. The van der Waals surface area contributed by atoms with E-state index < -0.39 is 0 Å². The Labute approximate surface area is 79.4 Å². The van der Waals surface area contributed by atoms with Gasteiger partial charge in [-0.15, -0.1) is 5.10 Å². The molecule has 0 atom stereocenters. The topological polar surface area (TPSA) is 38.0 Å². The summed E-state index contributed by atoms with van der Waals surface area (Å²) in [6.45, 7) is 7.08. The predicted molar refractivity (Wildman–Crippen MR) is 52.9 cm³/mol. The van der Waals surface area contributed by atoms with E-state index >= 15 is 0 Å². The molecule has 0 saturated carbocycles. The molecule has 1 rings (SSSR count). The number of aryl methyl sites for hydroxylation is 1. The highest BCUT2D eigenvalue weighted by Crippen LogP contribution is 2.19. The van der Waals surface area contributed by atoms with Crippen molar-refractivity contribution in [1.29, 1.82) is 0 Å². The zero-order valence-electron chi connectivity index (χ0n) is 8.67. The lowest BCUT2D eigenvalue weighted by atomic mass is 10.2. The molecular weight excluding hydrogens is 164 g/mol. The molecule has 0 amide bonds. The Morgan fingerprint density at radius 1 is 1.38 bits per heavy atom. The van der Waals surface area contributed by atoms with Gasteiger partial charge in [0.25, 0.3) is 0 Å². The molecule has 0 unspecified atom stereocenters. The molecule has 0 aliphatic heterocycles. The van der Waals surface area contributed by atoms with Crippen LogP contribution in [-0.4, -0.2) is 14.9 Å². The second kappa shape index (κ2) is 4.30. The lowest BCUT2D eigenvalue weighted by Gasteiger charge is -2.04. The minimum atomic E-state index is 0.188. The molecule has 1 aromatic rings. The average Bonchev–Trinajstić information content (AvgIpc) is 2.39. The lowest BCUT2D eigenvalue weighted by molar-refractivity contribution is 0.431. The van der Waals surface area contributed by atoms with Gasteiger partial charge in [-0.05, 0) is 19.8 Å². The fourth-order valence-corrected chi connectivity index (χ4v) is 1.51. The molecule has 3 heteroatoms. The summed E-state index contributed by atoms with van der Waals surface area (Å²) in [5.74, 6) is 0.188. The van der Waals surface area contributed by atoms with Crippen molar-refractivity contribution in [3.8, 4) is 5.88 Å². The van der Waals surface area contributed by atoms with Gasteiger partial charge in [0, 0.05) is 17.8 Å². The average molecular weight is 182 g/mol. The number of hydrogen-bond acceptors (Lipinski definition) is 2. The molecule has 1 aromatic heterocycles. The van der Waals surface area contributed by atoms with Gasteiger partial charge in [0.2, 0.25) is 5.88 Å². The third-order valence-corrected chi connectivity index (χ3v) is 2.35. The van der Waals surface area contributed by atoms with Crippen LogP contribution in [0.25, 0.3) is 0 Å². The van der Waals surface area contributed by atoms with Gasteiger partial charge in [-0.2, -0.15) is 0 Å². The Kier molecular flexibility index (Phi) is 3.34. The normalized spacial score (nSPS) is 10.7. The highest BCUT2D eigenvalue weighted by Gasteiger charge is 2.10. The maximum atomic E-state index is 9.42. The van der Waals surface area contributed by atoms with E-state index in [9.17, 15) is 5.11 Å². The van der Waals surface area contributed by atoms with E-state index in [1.54, 1.807) is 0 Å². The van der Waals surface area contributed by atoms with E-state index in [-0.39, 0.29) is 5.88 Å². The molecule has 74 valence electrons. The summed E-state index contributed by atoms with van der Waals surface area (Å²) in [6.07, 6.45) is 3.21. The lowest BCUT2D eigenvalue weighted by Crippen LogP contribution is -2.04. The fraction of sp³-hybridized carbons (Fsp3) is 0.700. The molecule has 0 fully saturated rings. The van der Waals surface area contributed by atoms with Crippen molar-refractivity contribution >= 4 is 0 Å². The van der Waals surface area contributed by atoms with E-state index in [1.807, 2.05) is 11.6 Å². The van der Waals surface area contributed by atoms with Gasteiger partial charge in [-0.3, -0.25) is 4.68 Å². The number of unbranched alkanes of at least 4 members (excludes halogenated alkanes) is 1. The maximum absolute atomic E-state index is 9.42. The van der Waals surface area contributed by atoms with Crippen molar-refractivity contribution in [2.24, 2.45) is 0 Å². The Balaban J connectivity index is 2.86. The molecule has 0 bridgehead atoms. The molecule has 0 aliphatic rings. The Bertz CT molecular complexity index is 279. The van der Waals surface area contributed by atoms with Gasteiger partial charge in [0.1, 0.15) is 0 Å². The first kappa shape index (κ1) is 10.1. The molecule has 1 N–H and O–H groups in total. The van der Waals surface area contributed by atoms with Gasteiger partial charge in [-0.25, -0.2) is 0 Å². The van der Waals surface area contributed by atoms with Crippen LogP contribution in [0.15, 0.2) is 0 Å². The minimum Gasteiger partial charge on any atom is -0.492 e. The van der Waals surface area contributed by atoms with Gasteiger partial charge in [0.05, 0.1) is 0 Å². The maximum Gasteiger partial charge on any atom is 0.233 e. The molecule has 13 heavy (non-hydrogen) atoms. The van der Waals surface area contributed by atoms with E-state index in [1.165, 1.54) is 0 Å². The van der Waals surface area contributed by atoms with Gasteiger partial charge >= 0.3 is 0 Å². The van der Waals surface area contributed by atoms with Crippen molar-refractivity contribution in [2.75, 3.05) is 0 Å². The van der Waals surface area contributed by atoms with Crippen LogP contribution in [0, 0.1) is 6.92 Å². The van der Waals surface area contributed by atoms with Crippen molar-refractivity contribution in [1.82, 2.24) is 9.78 Å². The minimum absolute atomic E-state index is 0.188. The molecule has 0 spiro atoms. The molecule has 3 nitrogen and oxygen atoms in total. The molecule has 0 aliphatic carbocycles. The zero-order valence-corrected chi connectivity index (χ0v) is 8.67. The highest BCUT2D eigenvalue weighted by molar-refractivity contribution is 5.28. The zero-order chi connectivity index (χ0) is 9.84. The van der Waals surface area contributed by atoms with Crippen LogP contribution in [0.2, 0.25) is 0 Å². The first-order chi connectivity index (χ1) is 6.20. The molecule has 0 saturated heterocycles. The first-order valence-electron chi connectivity index (χ1n) is 4.95. The summed E-state index contributed by atoms with van der Waals surface area (Å²) in [5, 5.41) is 13.5. The largest absolute Gasteiger partial charge is 0.492 e. The second-order valence-corrected chi connectivity index (χ2v) is 3.33. The summed E-state index contributed by atoms with van der Waals surface area (Å²) in [7, 11) is 0. The summed E-state index contributed by atoms with van der Waals surface area (Å²) in [6, 6.07) is 0. The van der Waals surface area contributed by atoms with Crippen molar-refractivity contribution in [3.63, 3.8) is 0 Å². The van der Waals surface area contributed by atoms with Crippen LogP contribution < -0.4 is 0 Å². The first-order valence-corrected chi connectivity index (χ1v) is 4.95. The van der Waals surface area contributed by atoms with Crippen LogP contribution in [0.3, 0.4) is 0 Å². The fourth-order valence-electron chi connectivity index (χ4n) is 1.51. The summed E-state index contributed by atoms with van der Waals surface area (Å²) in [5.41, 5.74) is 2.09. The van der Waals surface area contributed by atoms with Crippen molar-refractivity contribution < 1.29 is 5.11 Å². The van der Waals surface area contributed by atoms with E-state index in [2.05, 4.69) is 18.9 Å². The van der Waals surface area contributed by atoms with Gasteiger partial charge < -0.3 is 5.11 Å². The smallest absolute Gasteiger partial charge is 0.233 e. The number of nitrogens with zero attached hydrogens (tertiary/aromatic N) is 2. The predicted octanol–water partition coefficient (Wildman–Crippen LogP) is 2.26. The standard InChI is InChI=1S/C10H18N2O/c1-4-6-7-12-9(5-2)8(3)10(13)11-12/h4-7H2,1-3H3,(H,11,13). The Morgan fingerprint density at radius 2 is 2.08 bits per heavy atom. The van der Waals surface area contributed by atoms with Crippen LogP contribution in [0.5, 0.6) is 5.88 Å². The molecule has 0 radical (unpaired) electrons. The number of rotatable bonds is 4.